The van der Waals surface area contributed by atoms with Gasteiger partial charge in [-0.15, -0.1) is 0 Å². The Hall–Kier alpha value is -1.58. The molecule has 0 radical (unpaired) electrons. The van der Waals surface area contributed by atoms with Crippen molar-refractivity contribution in [1.82, 2.24) is 0 Å². The Balaban J connectivity index is 2.44. The molecular formula is C14H22N2O2. The molecule has 0 heterocycles. The van der Waals surface area contributed by atoms with Crippen molar-refractivity contribution in [3.63, 3.8) is 0 Å². The average Bonchev–Trinajstić information content (AvgIpc) is 2.35. The molecule has 4 heteroatoms. The molecule has 0 saturated heterocycles. The van der Waals surface area contributed by atoms with Crippen LogP contribution in [0.1, 0.15) is 44.6 Å². The van der Waals surface area contributed by atoms with Crippen LogP contribution in [-0.4, -0.2) is 11.5 Å². The summed E-state index contributed by atoms with van der Waals surface area (Å²) >= 11 is 0. The van der Waals surface area contributed by atoms with Crippen molar-refractivity contribution in [2.75, 3.05) is 11.9 Å². The highest BCUT2D eigenvalue weighted by atomic mass is 16.6. The van der Waals surface area contributed by atoms with Crippen LogP contribution in [-0.2, 0) is 0 Å². The van der Waals surface area contributed by atoms with Gasteiger partial charge < -0.3 is 5.32 Å². The summed E-state index contributed by atoms with van der Waals surface area (Å²) in [5.74, 6) is 0. The molecule has 0 spiro atoms. The van der Waals surface area contributed by atoms with Crippen LogP contribution in [0.2, 0.25) is 0 Å². The minimum absolute atomic E-state index is 0.170. The largest absolute Gasteiger partial charge is 0.379 e. The van der Waals surface area contributed by atoms with Gasteiger partial charge in [0.1, 0.15) is 5.69 Å². The van der Waals surface area contributed by atoms with E-state index in [0.29, 0.717) is 5.69 Å². The second-order valence-electron chi connectivity index (χ2n) is 4.62. The van der Waals surface area contributed by atoms with Crippen molar-refractivity contribution >= 4 is 11.4 Å². The predicted octanol–water partition coefficient (Wildman–Crippen LogP) is 4.29. The molecule has 1 aromatic rings. The standard InChI is InChI=1S/C14H22N2O2/c1-3-4-5-6-7-10-15-13-9-8-12(2)11-14(13)16(17)18/h8-9,11,15H,3-7,10H2,1-2H3. The highest BCUT2D eigenvalue weighted by Crippen LogP contribution is 2.25. The van der Waals surface area contributed by atoms with Crippen LogP contribution in [0, 0.1) is 17.0 Å². The number of nitro groups is 1. The van der Waals surface area contributed by atoms with Gasteiger partial charge in [-0.25, -0.2) is 0 Å². The monoisotopic (exact) mass is 250 g/mol. The van der Waals surface area contributed by atoms with Gasteiger partial charge >= 0.3 is 0 Å². The van der Waals surface area contributed by atoms with E-state index in [-0.39, 0.29) is 10.6 Å². The maximum absolute atomic E-state index is 10.9. The maximum Gasteiger partial charge on any atom is 0.292 e. The van der Waals surface area contributed by atoms with Gasteiger partial charge in [-0.05, 0) is 25.0 Å². The average molecular weight is 250 g/mol. The van der Waals surface area contributed by atoms with Gasteiger partial charge in [0.2, 0.25) is 0 Å². The van der Waals surface area contributed by atoms with Crippen LogP contribution >= 0.6 is 0 Å². The molecule has 0 aliphatic heterocycles. The molecule has 0 atom stereocenters. The van der Waals surface area contributed by atoms with E-state index < -0.39 is 0 Å². The van der Waals surface area contributed by atoms with Crippen LogP contribution in [0.25, 0.3) is 0 Å². The summed E-state index contributed by atoms with van der Waals surface area (Å²) < 4.78 is 0. The number of aryl methyl sites for hydroxylation is 1. The fourth-order valence-electron chi connectivity index (χ4n) is 1.89. The van der Waals surface area contributed by atoms with E-state index >= 15 is 0 Å². The van der Waals surface area contributed by atoms with Gasteiger partial charge in [0.25, 0.3) is 5.69 Å². The predicted molar refractivity (Wildman–Crippen MR) is 75.1 cm³/mol. The third kappa shape index (κ3) is 4.73. The van der Waals surface area contributed by atoms with Gasteiger partial charge in [-0.2, -0.15) is 0 Å². The molecule has 0 fully saturated rings. The van der Waals surface area contributed by atoms with Crippen LogP contribution in [0.3, 0.4) is 0 Å². The summed E-state index contributed by atoms with van der Waals surface area (Å²) in [4.78, 5) is 10.6. The first kappa shape index (κ1) is 14.5. The molecule has 18 heavy (non-hydrogen) atoms. The molecule has 4 nitrogen and oxygen atoms in total. The zero-order valence-corrected chi connectivity index (χ0v) is 11.2. The normalized spacial score (nSPS) is 10.3. The molecule has 0 aliphatic rings. The molecule has 0 unspecified atom stereocenters. The lowest BCUT2D eigenvalue weighted by Gasteiger charge is -2.07. The summed E-state index contributed by atoms with van der Waals surface area (Å²) in [5, 5.41) is 14.1. The minimum Gasteiger partial charge on any atom is -0.379 e. The van der Waals surface area contributed by atoms with Gasteiger partial charge in [0, 0.05) is 12.6 Å². The second-order valence-corrected chi connectivity index (χ2v) is 4.62. The Morgan fingerprint density at radius 1 is 1.22 bits per heavy atom. The van der Waals surface area contributed by atoms with E-state index in [4.69, 9.17) is 0 Å². The topological polar surface area (TPSA) is 55.2 Å². The summed E-state index contributed by atoms with van der Waals surface area (Å²) in [5.41, 5.74) is 1.71. The smallest absolute Gasteiger partial charge is 0.292 e. The van der Waals surface area contributed by atoms with E-state index in [1.165, 1.54) is 25.7 Å². The quantitative estimate of drug-likeness (QED) is 0.425. The van der Waals surface area contributed by atoms with Crippen molar-refractivity contribution in [3.05, 3.63) is 33.9 Å². The third-order valence-corrected chi connectivity index (χ3v) is 2.95. The highest BCUT2D eigenvalue weighted by molar-refractivity contribution is 5.62. The van der Waals surface area contributed by atoms with Gasteiger partial charge in [-0.3, -0.25) is 10.1 Å². The number of nitro benzene ring substituents is 1. The summed E-state index contributed by atoms with van der Waals surface area (Å²) in [6.07, 6.45) is 5.99. The molecule has 0 saturated carbocycles. The fraction of sp³-hybridized carbons (Fsp3) is 0.571. The lowest BCUT2D eigenvalue weighted by atomic mass is 10.1. The van der Waals surface area contributed by atoms with Gasteiger partial charge in [0.15, 0.2) is 0 Å². The Morgan fingerprint density at radius 3 is 2.61 bits per heavy atom. The number of hydrogen-bond acceptors (Lipinski definition) is 3. The first-order chi connectivity index (χ1) is 8.65. The molecular weight excluding hydrogens is 228 g/mol. The van der Waals surface area contributed by atoms with E-state index in [1.807, 2.05) is 13.0 Å². The molecule has 0 bridgehead atoms. The molecule has 1 N–H and O–H groups in total. The van der Waals surface area contributed by atoms with E-state index in [2.05, 4.69) is 12.2 Å². The second kappa shape index (κ2) is 7.69. The summed E-state index contributed by atoms with van der Waals surface area (Å²) in [6.45, 7) is 4.85. The number of nitrogens with zero attached hydrogens (tertiary/aromatic N) is 1. The molecule has 0 aromatic heterocycles. The Morgan fingerprint density at radius 2 is 1.94 bits per heavy atom. The van der Waals surface area contributed by atoms with Crippen molar-refractivity contribution in [2.45, 2.75) is 46.0 Å². The fourth-order valence-corrected chi connectivity index (χ4v) is 1.89. The van der Waals surface area contributed by atoms with Crippen LogP contribution in [0.4, 0.5) is 11.4 Å². The maximum atomic E-state index is 10.9. The van der Waals surface area contributed by atoms with Crippen molar-refractivity contribution in [2.24, 2.45) is 0 Å². The van der Waals surface area contributed by atoms with Crippen molar-refractivity contribution in [1.29, 1.82) is 0 Å². The van der Waals surface area contributed by atoms with Crippen LogP contribution < -0.4 is 5.32 Å². The SMILES string of the molecule is CCCCCCCNc1ccc(C)cc1[N+](=O)[O-]. The number of unbranched alkanes of at least 4 members (excludes halogenated alkanes) is 4. The van der Waals surface area contributed by atoms with E-state index in [1.54, 1.807) is 12.1 Å². The number of hydrogen-bond donors (Lipinski definition) is 1. The minimum atomic E-state index is -0.327. The summed E-state index contributed by atoms with van der Waals surface area (Å²) in [7, 11) is 0. The van der Waals surface area contributed by atoms with Gasteiger partial charge in [-0.1, -0.05) is 38.7 Å². The highest BCUT2D eigenvalue weighted by Gasteiger charge is 2.12. The Labute approximate surface area is 109 Å². The van der Waals surface area contributed by atoms with Crippen molar-refractivity contribution in [3.8, 4) is 0 Å². The number of benzene rings is 1. The van der Waals surface area contributed by atoms with Crippen LogP contribution in [0.5, 0.6) is 0 Å². The Kier molecular flexibility index (Phi) is 6.19. The zero-order valence-electron chi connectivity index (χ0n) is 11.2. The molecule has 1 aromatic carbocycles. The van der Waals surface area contributed by atoms with Gasteiger partial charge in [0.05, 0.1) is 4.92 Å². The number of rotatable bonds is 8. The first-order valence-electron chi connectivity index (χ1n) is 6.64. The number of anilines is 1. The van der Waals surface area contributed by atoms with E-state index in [9.17, 15) is 10.1 Å². The molecule has 1 rings (SSSR count). The van der Waals surface area contributed by atoms with Crippen molar-refractivity contribution < 1.29 is 4.92 Å². The zero-order chi connectivity index (χ0) is 13.4. The lowest BCUT2D eigenvalue weighted by molar-refractivity contribution is -0.384. The third-order valence-electron chi connectivity index (χ3n) is 2.95. The number of nitrogens with one attached hydrogen (secondary N) is 1. The molecule has 100 valence electrons. The molecule has 0 amide bonds. The van der Waals surface area contributed by atoms with Crippen LogP contribution in [0.15, 0.2) is 18.2 Å². The summed E-state index contributed by atoms with van der Waals surface area (Å²) in [6, 6.07) is 5.30. The molecule has 0 aliphatic carbocycles. The Bertz CT molecular complexity index is 391. The van der Waals surface area contributed by atoms with E-state index in [0.717, 1.165) is 18.5 Å². The lowest BCUT2D eigenvalue weighted by Crippen LogP contribution is -2.04. The first-order valence-corrected chi connectivity index (χ1v) is 6.64.